The molecule has 226 valence electrons. The number of likely N-dealkylation sites (N-methyl/N-ethyl adjacent to an activating group) is 1. The second-order valence-electron chi connectivity index (χ2n) is 11.3. The maximum atomic E-state index is 14.2. The van der Waals surface area contributed by atoms with E-state index in [1.54, 1.807) is 51.1 Å². The lowest BCUT2D eigenvalue weighted by Crippen LogP contribution is -2.76. The largest absolute Gasteiger partial charge is 0.508 e. The number of urea groups is 1. The molecule has 2 saturated heterocycles. The van der Waals surface area contributed by atoms with Gasteiger partial charge in [0.15, 0.2) is 0 Å². The maximum absolute atomic E-state index is 14.2. The average molecular weight is 605 g/mol. The average Bonchev–Trinajstić information content (AvgIpc) is 2.96. The number of nitrogens with one attached hydrogen (secondary N) is 1. The van der Waals surface area contributed by atoms with E-state index in [0.717, 1.165) is 22.4 Å². The monoisotopic (exact) mass is 604 g/mol. The van der Waals surface area contributed by atoms with Crippen LogP contribution in [0.25, 0.3) is 0 Å². The Morgan fingerprint density at radius 2 is 1.74 bits per heavy atom. The lowest BCUT2D eigenvalue weighted by molar-refractivity contribution is -0.187. The molecular formula is C32H37ClN6O4. The molecule has 0 radical (unpaired) electrons. The van der Waals surface area contributed by atoms with Gasteiger partial charge in [-0.05, 0) is 41.8 Å². The predicted octanol–water partition coefficient (Wildman–Crippen LogP) is 3.85. The van der Waals surface area contributed by atoms with Crippen LogP contribution >= 0.6 is 11.6 Å². The van der Waals surface area contributed by atoms with Crippen LogP contribution in [0.1, 0.15) is 29.7 Å². The molecule has 0 aliphatic carbocycles. The minimum Gasteiger partial charge on any atom is -0.508 e. The Kier molecular flexibility index (Phi) is 8.79. The maximum Gasteiger partial charge on any atom is 0.334 e. The summed E-state index contributed by atoms with van der Waals surface area (Å²) >= 11 is 6.55. The smallest absolute Gasteiger partial charge is 0.334 e. The lowest BCUT2D eigenvalue weighted by Gasteiger charge is -2.54. The molecule has 3 aromatic rings. The molecule has 0 bridgehead atoms. The van der Waals surface area contributed by atoms with Crippen LogP contribution in [0.5, 0.6) is 5.75 Å². The van der Waals surface area contributed by atoms with E-state index in [-0.39, 0.29) is 55.7 Å². The molecule has 11 heteroatoms. The highest BCUT2D eigenvalue weighted by atomic mass is 35.5. The standard InChI is InChI=1S/C32H37ClN6O4/c1-21(23-9-6-5-7-10-23)34-32(43)39-28-19-37(18-24-11-8-12-26(33)30(24)35(2)3)31(42)27(38(28)29(41)20-36(39)4)17-22-13-15-25(40)16-14-22/h5-16,21,27-28,40H,17-20H2,1-4H3,(H,34,43)/t21-,27-,28?/m0/s1. The number of carbonyl (C=O) groups excluding carboxylic acids is 3. The number of carbonyl (C=O) groups is 3. The van der Waals surface area contributed by atoms with Crippen molar-refractivity contribution in [3.8, 4) is 5.75 Å². The number of halogens is 1. The van der Waals surface area contributed by atoms with Gasteiger partial charge >= 0.3 is 6.03 Å². The number of fused-ring (bicyclic) bond motifs is 1. The number of amides is 4. The molecule has 0 saturated carbocycles. The fourth-order valence-electron chi connectivity index (χ4n) is 5.97. The quantitative estimate of drug-likeness (QED) is 0.425. The summed E-state index contributed by atoms with van der Waals surface area (Å²) in [5.41, 5.74) is 3.39. The summed E-state index contributed by atoms with van der Waals surface area (Å²) < 4.78 is 0. The van der Waals surface area contributed by atoms with Gasteiger partial charge in [0.2, 0.25) is 11.8 Å². The van der Waals surface area contributed by atoms with Crippen LogP contribution in [0.3, 0.4) is 0 Å². The number of rotatable bonds is 7. The van der Waals surface area contributed by atoms with Crippen molar-refractivity contribution < 1.29 is 19.5 Å². The Morgan fingerprint density at radius 1 is 1.05 bits per heavy atom. The number of aromatic hydroxyl groups is 1. The summed E-state index contributed by atoms with van der Waals surface area (Å²) in [5, 5.41) is 16.6. The molecule has 2 heterocycles. The van der Waals surface area contributed by atoms with Crippen LogP contribution in [-0.4, -0.2) is 89.2 Å². The zero-order chi connectivity index (χ0) is 30.8. The van der Waals surface area contributed by atoms with E-state index in [9.17, 15) is 19.5 Å². The summed E-state index contributed by atoms with van der Waals surface area (Å²) in [6, 6.07) is 20.3. The van der Waals surface area contributed by atoms with Gasteiger partial charge in [-0.3, -0.25) is 9.59 Å². The molecule has 2 fully saturated rings. The van der Waals surface area contributed by atoms with E-state index in [1.165, 1.54) is 0 Å². The highest BCUT2D eigenvalue weighted by Crippen LogP contribution is 2.33. The van der Waals surface area contributed by atoms with Crippen molar-refractivity contribution in [2.45, 2.75) is 38.1 Å². The van der Waals surface area contributed by atoms with Crippen molar-refractivity contribution >= 4 is 35.1 Å². The summed E-state index contributed by atoms with van der Waals surface area (Å²) in [7, 11) is 5.50. The Bertz CT molecular complexity index is 1480. The van der Waals surface area contributed by atoms with E-state index < -0.39 is 12.2 Å². The van der Waals surface area contributed by atoms with Gasteiger partial charge in [-0.1, -0.05) is 66.2 Å². The summed E-state index contributed by atoms with van der Waals surface area (Å²) in [4.78, 5) is 46.8. The minimum atomic E-state index is -0.853. The Morgan fingerprint density at radius 3 is 2.42 bits per heavy atom. The van der Waals surface area contributed by atoms with Crippen LogP contribution in [-0.2, 0) is 22.6 Å². The number of anilines is 1. The van der Waals surface area contributed by atoms with Crippen LogP contribution in [0.4, 0.5) is 10.5 Å². The number of para-hydroxylation sites is 1. The Hall–Kier alpha value is -4.28. The third-order valence-corrected chi connectivity index (χ3v) is 8.34. The first-order valence-electron chi connectivity index (χ1n) is 14.2. The molecule has 1 unspecified atom stereocenters. The highest BCUT2D eigenvalue weighted by molar-refractivity contribution is 6.33. The second-order valence-corrected chi connectivity index (χ2v) is 11.7. The zero-order valence-electron chi connectivity index (χ0n) is 24.8. The number of phenolic OH excluding ortho intramolecular Hbond substituents is 1. The van der Waals surface area contributed by atoms with Gasteiger partial charge in [-0.2, -0.15) is 0 Å². The molecule has 10 nitrogen and oxygen atoms in total. The molecule has 0 aromatic heterocycles. The third-order valence-electron chi connectivity index (χ3n) is 8.03. The van der Waals surface area contributed by atoms with Crippen molar-refractivity contribution in [3.05, 3.63) is 94.5 Å². The number of piperazine rings is 1. The van der Waals surface area contributed by atoms with Gasteiger partial charge in [-0.15, -0.1) is 0 Å². The van der Waals surface area contributed by atoms with Gasteiger partial charge in [-0.25, -0.2) is 14.8 Å². The van der Waals surface area contributed by atoms with Gasteiger partial charge in [0, 0.05) is 34.1 Å². The minimum absolute atomic E-state index is 0.0535. The van der Waals surface area contributed by atoms with E-state index in [2.05, 4.69) is 5.32 Å². The van der Waals surface area contributed by atoms with Crippen molar-refractivity contribution in [1.29, 1.82) is 0 Å². The number of benzene rings is 3. The van der Waals surface area contributed by atoms with E-state index in [1.807, 2.05) is 74.4 Å². The third kappa shape index (κ3) is 6.25. The molecule has 3 atom stereocenters. The molecule has 4 amide bonds. The fourth-order valence-corrected chi connectivity index (χ4v) is 6.34. The molecular weight excluding hydrogens is 568 g/mol. The number of hydrazine groups is 1. The number of hydrogen-bond donors (Lipinski definition) is 2. The number of hydrogen-bond acceptors (Lipinski definition) is 6. The molecule has 0 spiro atoms. The van der Waals surface area contributed by atoms with E-state index in [4.69, 9.17) is 11.6 Å². The number of nitrogens with zero attached hydrogens (tertiary/aromatic N) is 5. The highest BCUT2D eigenvalue weighted by Gasteiger charge is 2.50. The fraction of sp³-hybridized carbons (Fsp3) is 0.344. The summed E-state index contributed by atoms with van der Waals surface area (Å²) in [5.74, 6) is -0.340. The predicted molar refractivity (Wildman–Crippen MR) is 165 cm³/mol. The van der Waals surface area contributed by atoms with Crippen LogP contribution < -0.4 is 10.2 Å². The molecule has 3 aromatic carbocycles. The van der Waals surface area contributed by atoms with Crippen LogP contribution in [0, 0.1) is 0 Å². The summed E-state index contributed by atoms with van der Waals surface area (Å²) in [6.07, 6.45) is -0.510. The molecule has 2 aliphatic heterocycles. The van der Waals surface area contributed by atoms with Crippen LogP contribution in [0.2, 0.25) is 5.02 Å². The van der Waals surface area contributed by atoms with E-state index in [0.29, 0.717) is 5.02 Å². The lowest BCUT2D eigenvalue weighted by atomic mass is 9.98. The normalized spacial score (nSPS) is 19.7. The first kappa shape index (κ1) is 30.2. The first-order valence-corrected chi connectivity index (χ1v) is 14.6. The zero-order valence-corrected chi connectivity index (χ0v) is 25.5. The SMILES string of the molecule is C[C@H](NC(=O)N1C2CN(Cc3cccc(Cl)c3N(C)C)C(=O)[C@H](Cc3ccc(O)cc3)N2C(=O)CN1C)c1ccccc1. The van der Waals surface area contributed by atoms with Crippen molar-refractivity contribution in [3.63, 3.8) is 0 Å². The van der Waals surface area contributed by atoms with Crippen molar-refractivity contribution in [1.82, 2.24) is 25.1 Å². The Labute approximate surface area is 257 Å². The number of phenols is 1. The molecule has 2 N–H and O–H groups in total. The van der Waals surface area contributed by atoms with Gasteiger partial charge < -0.3 is 25.1 Å². The van der Waals surface area contributed by atoms with Gasteiger partial charge in [0.1, 0.15) is 18.0 Å². The molecule has 5 rings (SSSR count). The van der Waals surface area contributed by atoms with Gasteiger partial charge in [0.25, 0.3) is 0 Å². The van der Waals surface area contributed by atoms with E-state index >= 15 is 0 Å². The topological polar surface area (TPSA) is 99.7 Å². The molecule has 2 aliphatic rings. The van der Waals surface area contributed by atoms with Gasteiger partial charge in [0.05, 0.1) is 29.8 Å². The Balaban J connectivity index is 1.51. The second kappa shape index (κ2) is 12.5. The summed E-state index contributed by atoms with van der Waals surface area (Å²) in [6.45, 7) is 2.22. The van der Waals surface area contributed by atoms with Crippen molar-refractivity contribution in [2.24, 2.45) is 0 Å². The first-order chi connectivity index (χ1) is 20.5. The molecule has 43 heavy (non-hydrogen) atoms. The van der Waals surface area contributed by atoms with Crippen LogP contribution in [0.15, 0.2) is 72.8 Å². The van der Waals surface area contributed by atoms with Crippen molar-refractivity contribution in [2.75, 3.05) is 39.1 Å².